The number of anilines is 1. The van der Waals surface area contributed by atoms with Crippen molar-refractivity contribution in [1.82, 2.24) is 24.6 Å². The van der Waals surface area contributed by atoms with Gasteiger partial charge < -0.3 is 15.0 Å². The molecule has 1 aromatic carbocycles. The highest BCUT2D eigenvalue weighted by atomic mass is 16.5. The molecule has 0 spiro atoms. The molecule has 2 aromatic heterocycles. The number of benzene rings is 1. The van der Waals surface area contributed by atoms with Crippen LogP contribution in [0.3, 0.4) is 0 Å². The van der Waals surface area contributed by atoms with E-state index in [1.54, 1.807) is 13.3 Å². The number of likely N-dealkylation sites (N-methyl/N-ethyl adjacent to an activating group) is 1. The van der Waals surface area contributed by atoms with E-state index in [1.165, 1.54) is 6.42 Å². The second-order valence-electron chi connectivity index (χ2n) is 6.88. The van der Waals surface area contributed by atoms with Gasteiger partial charge in [0.1, 0.15) is 5.75 Å². The third-order valence-electron chi connectivity index (χ3n) is 4.83. The van der Waals surface area contributed by atoms with E-state index in [0.29, 0.717) is 12.0 Å². The summed E-state index contributed by atoms with van der Waals surface area (Å²) in [5.74, 6) is 1.50. The van der Waals surface area contributed by atoms with Gasteiger partial charge in [0, 0.05) is 30.5 Å². The molecule has 7 heteroatoms. The number of ether oxygens (including phenoxy) is 1. The van der Waals surface area contributed by atoms with Gasteiger partial charge in [-0.05, 0) is 56.8 Å². The first kappa shape index (κ1) is 17.5. The van der Waals surface area contributed by atoms with Crippen LogP contribution in [0.25, 0.3) is 16.9 Å². The molecule has 0 saturated carbocycles. The molecule has 1 atom stereocenters. The fraction of sp³-hybridized carbons (Fsp3) is 0.350. The Morgan fingerprint density at radius 2 is 2.04 bits per heavy atom. The monoisotopic (exact) mass is 364 g/mol. The molecule has 1 aliphatic rings. The molecule has 1 saturated heterocycles. The minimum Gasteiger partial charge on any atom is -0.497 e. The first-order valence-corrected chi connectivity index (χ1v) is 9.19. The molecule has 1 aliphatic heterocycles. The summed E-state index contributed by atoms with van der Waals surface area (Å²) in [6.07, 6.45) is 7.94. The number of rotatable bonds is 5. The summed E-state index contributed by atoms with van der Waals surface area (Å²) in [5, 5.41) is 7.93. The molecular weight excluding hydrogens is 340 g/mol. The molecule has 27 heavy (non-hydrogen) atoms. The van der Waals surface area contributed by atoms with Gasteiger partial charge in [-0.1, -0.05) is 0 Å². The van der Waals surface area contributed by atoms with Crippen molar-refractivity contribution in [1.29, 1.82) is 0 Å². The molecule has 1 N–H and O–H groups in total. The van der Waals surface area contributed by atoms with Crippen LogP contribution in [0.5, 0.6) is 5.75 Å². The van der Waals surface area contributed by atoms with Crippen LogP contribution >= 0.6 is 0 Å². The number of nitrogens with one attached hydrogen (secondary N) is 1. The van der Waals surface area contributed by atoms with Crippen molar-refractivity contribution >= 4 is 5.95 Å². The van der Waals surface area contributed by atoms with Crippen molar-refractivity contribution in [2.75, 3.05) is 32.6 Å². The Bertz CT molecular complexity index is 891. The molecule has 0 bridgehead atoms. The average Bonchev–Trinajstić information content (AvgIpc) is 3.19. The van der Waals surface area contributed by atoms with Crippen molar-refractivity contribution in [3.63, 3.8) is 0 Å². The van der Waals surface area contributed by atoms with E-state index in [2.05, 4.69) is 32.3 Å². The smallest absolute Gasteiger partial charge is 0.223 e. The Balaban J connectivity index is 1.51. The first-order chi connectivity index (χ1) is 13.2. The maximum atomic E-state index is 5.21. The first-order valence-electron chi connectivity index (χ1n) is 9.19. The summed E-state index contributed by atoms with van der Waals surface area (Å²) in [4.78, 5) is 11.4. The van der Waals surface area contributed by atoms with Gasteiger partial charge in [0.2, 0.25) is 5.95 Å². The molecule has 1 fully saturated rings. The number of methoxy groups -OCH3 is 1. The zero-order chi connectivity index (χ0) is 18.6. The van der Waals surface area contributed by atoms with E-state index >= 15 is 0 Å². The van der Waals surface area contributed by atoms with Crippen molar-refractivity contribution in [3.8, 4) is 22.7 Å². The van der Waals surface area contributed by atoms with Crippen LogP contribution in [-0.4, -0.2) is 57.9 Å². The Morgan fingerprint density at radius 1 is 1.19 bits per heavy atom. The summed E-state index contributed by atoms with van der Waals surface area (Å²) < 4.78 is 7.04. The number of hydrogen-bond donors (Lipinski definition) is 1. The molecule has 7 nitrogen and oxygen atoms in total. The lowest BCUT2D eigenvalue weighted by Gasteiger charge is -2.30. The molecule has 3 heterocycles. The van der Waals surface area contributed by atoms with Crippen LogP contribution in [0.15, 0.2) is 48.9 Å². The van der Waals surface area contributed by atoms with Gasteiger partial charge in [-0.2, -0.15) is 5.10 Å². The Morgan fingerprint density at radius 3 is 2.81 bits per heavy atom. The molecule has 0 radical (unpaired) electrons. The lowest BCUT2D eigenvalue weighted by Crippen LogP contribution is -2.40. The summed E-state index contributed by atoms with van der Waals surface area (Å²) in [5.41, 5.74) is 2.79. The molecule has 140 valence electrons. The molecule has 1 unspecified atom stereocenters. The van der Waals surface area contributed by atoms with E-state index in [-0.39, 0.29) is 0 Å². The lowest BCUT2D eigenvalue weighted by molar-refractivity contribution is 0.260. The van der Waals surface area contributed by atoms with Gasteiger partial charge in [0.05, 0.1) is 24.7 Å². The topological polar surface area (TPSA) is 68.1 Å². The van der Waals surface area contributed by atoms with Crippen LogP contribution in [0.1, 0.15) is 12.8 Å². The number of likely N-dealkylation sites (tertiary alicyclic amines) is 1. The molecule has 0 amide bonds. The van der Waals surface area contributed by atoms with Crippen molar-refractivity contribution in [2.24, 2.45) is 0 Å². The average molecular weight is 364 g/mol. The van der Waals surface area contributed by atoms with Crippen LogP contribution in [-0.2, 0) is 0 Å². The number of aromatic nitrogens is 4. The van der Waals surface area contributed by atoms with Crippen LogP contribution in [0.2, 0.25) is 0 Å². The standard InChI is InChI=1S/C20H24N6O/c1-25-11-3-4-16(14-25)23-20-21-10-9-19(24-20)15-12-22-26(13-15)17-5-7-18(27-2)8-6-17/h5-10,12-13,16H,3-4,11,14H2,1-2H3,(H,21,23,24). The van der Waals surface area contributed by atoms with Gasteiger partial charge in [0.25, 0.3) is 0 Å². The highest BCUT2D eigenvalue weighted by Gasteiger charge is 2.18. The molecule has 3 aromatic rings. The predicted octanol–water partition coefficient (Wildman–Crippen LogP) is 2.84. The second-order valence-corrected chi connectivity index (χ2v) is 6.88. The number of piperidine rings is 1. The van der Waals surface area contributed by atoms with Gasteiger partial charge in [-0.25, -0.2) is 14.6 Å². The maximum absolute atomic E-state index is 5.21. The van der Waals surface area contributed by atoms with E-state index in [1.807, 2.05) is 47.4 Å². The highest BCUT2D eigenvalue weighted by molar-refractivity contribution is 5.59. The van der Waals surface area contributed by atoms with Crippen molar-refractivity contribution in [2.45, 2.75) is 18.9 Å². The van der Waals surface area contributed by atoms with E-state index in [4.69, 9.17) is 4.74 Å². The van der Waals surface area contributed by atoms with Gasteiger partial charge in [-0.3, -0.25) is 0 Å². The van der Waals surface area contributed by atoms with Crippen molar-refractivity contribution in [3.05, 3.63) is 48.9 Å². The van der Waals surface area contributed by atoms with Gasteiger partial charge in [-0.15, -0.1) is 0 Å². The van der Waals surface area contributed by atoms with Crippen LogP contribution in [0.4, 0.5) is 5.95 Å². The van der Waals surface area contributed by atoms with Gasteiger partial charge in [0.15, 0.2) is 0 Å². The second kappa shape index (κ2) is 7.75. The van der Waals surface area contributed by atoms with Gasteiger partial charge >= 0.3 is 0 Å². The molecule has 0 aliphatic carbocycles. The summed E-state index contributed by atoms with van der Waals surface area (Å²) in [6, 6.07) is 10.1. The van der Waals surface area contributed by atoms with Crippen LogP contribution in [0, 0.1) is 0 Å². The molecule has 4 rings (SSSR count). The summed E-state index contributed by atoms with van der Waals surface area (Å²) >= 11 is 0. The van der Waals surface area contributed by atoms with Crippen LogP contribution < -0.4 is 10.1 Å². The largest absolute Gasteiger partial charge is 0.497 e. The summed E-state index contributed by atoms with van der Waals surface area (Å²) in [6.45, 7) is 2.17. The normalized spacial score (nSPS) is 17.6. The zero-order valence-electron chi connectivity index (χ0n) is 15.7. The lowest BCUT2D eigenvalue weighted by atomic mass is 10.1. The SMILES string of the molecule is COc1ccc(-n2cc(-c3ccnc(NC4CCCN(C)C4)n3)cn2)cc1. The quantitative estimate of drug-likeness (QED) is 0.751. The third-order valence-corrected chi connectivity index (χ3v) is 4.83. The number of hydrogen-bond acceptors (Lipinski definition) is 6. The minimum atomic E-state index is 0.390. The minimum absolute atomic E-state index is 0.390. The van der Waals surface area contributed by atoms with E-state index in [9.17, 15) is 0 Å². The Hall–Kier alpha value is -2.93. The summed E-state index contributed by atoms with van der Waals surface area (Å²) in [7, 11) is 3.81. The Kier molecular flexibility index (Phi) is 5.02. The predicted molar refractivity (Wildman–Crippen MR) is 105 cm³/mol. The maximum Gasteiger partial charge on any atom is 0.223 e. The number of nitrogens with zero attached hydrogens (tertiary/aromatic N) is 5. The fourth-order valence-electron chi connectivity index (χ4n) is 3.39. The highest BCUT2D eigenvalue weighted by Crippen LogP contribution is 2.21. The zero-order valence-corrected chi connectivity index (χ0v) is 15.7. The third kappa shape index (κ3) is 4.09. The Labute approximate surface area is 159 Å². The van der Waals surface area contributed by atoms with E-state index < -0.39 is 0 Å². The van der Waals surface area contributed by atoms with Crippen molar-refractivity contribution < 1.29 is 4.74 Å². The molecular formula is C20H24N6O. The van der Waals surface area contributed by atoms with E-state index in [0.717, 1.165) is 42.2 Å². The fourth-order valence-corrected chi connectivity index (χ4v) is 3.39.